The van der Waals surface area contributed by atoms with Gasteiger partial charge in [-0.05, 0) is 48.5 Å². The van der Waals surface area contributed by atoms with E-state index in [4.69, 9.17) is 19.3 Å². The molecule has 0 fully saturated rings. The Morgan fingerprint density at radius 2 is 1.69 bits per heavy atom. The van der Waals surface area contributed by atoms with Gasteiger partial charge in [0.2, 0.25) is 6.10 Å². The molecule has 2 aromatic carbocycles. The summed E-state index contributed by atoms with van der Waals surface area (Å²) in [6, 6.07) is 10.9. The van der Waals surface area contributed by atoms with E-state index in [-0.39, 0.29) is 11.3 Å². The van der Waals surface area contributed by atoms with E-state index in [1.54, 1.807) is 24.3 Å². The molecular weight excluding hydrogens is 353 g/mol. The SMILES string of the molecule is COc1ccc(Oc2ccc3c(c2)C=C(C(=O)O)[C@@H](C(F)(F)F)O3)cc1. The maximum atomic E-state index is 13.0. The zero-order chi connectivity index (χ0) is 18.9. The van der Waals surface area contributed by atoms with Gasteiger partial charge in [0.1, 0.15) is 23.0 Å². The van der Waals surface area contributed by atoms with Gasteiger partial charge in [0.25, 0.3) is 0 Å². The molecule has 1 aliphatic rings. The number of hydrogen-bond donors (Lipinski definition) is 1. The van der Waals surface area contributed by atoms with Crippen molar-refractivity contribution in [2.24, 2.45) is 0 Å². The van der Waals surface area contributed by atoms with Crippen molar-refractivity contribution in [2.75, 3.05) is 7.11 Å². The van der Waals surface area contributed by atoms with Gasteiger partial charge in [-0.25, -0.2) is 4.79 Å². The number of rotatable bonds is 4. The monoisotopic (exact) mass is 366 g/mol. The first-order valence-electron chi connectivity index (χ1n) is 7.42. The van der Waals surface area contributed by atoms with Crippen LogP contribution in [0.5, 0.6) is 23.0 Å². The normalized spacial score (nSPS) is 16.2. The molecular formula is C18H13F3O5. The predicted octanol–water partition coefficient (Wildman–Crippen LogP) is 4.28. The minimum atomic E-state index is -4.83. The first-order chi connectivity index (χ1) is 12.3. The van der Waals surface area contributed by atoms with Crippen molar-refractivity contribution in [3.05, 3.63) is 53.6 Å². The van der Waals surface area contributed by atoms with E-state index in [1.807, 2.05) is 0 Å². The summed E-state index contributed by atoms with van der Waals surface area (Å²) in [5.41, 5.74) is -0.694. The molecule has 0 aliphatic carbocycles. The number of alkyl halides is 3. The molecule has 1 aliphatic heterocycles. The van der Waals surface area contributed by atoms with Crippen molar-refractivity contribution in [1.82, 2.24) is 0 Å². The molecule has 3 rings (SSSR count). The molecule has 0 unspecified atom stereocenters. The second-order valence-corrected chi connectivity index (χ2v) is 5.42. The molecule has 0 saturated carbocycles. The molecule has 0 radical (unpaired) electrons. The quantitative estimate of drug-likeness (QED) is 0.875. The van der Waals surface area contributed by atoms with Crippen LogP contribution < -0.4 is 14.2 Å². The number of fused-ring (bicyclic) bond motifs is 1. The van der Waals surface area contributed by atoms with Crippen molar-refractivity contribution < 1.29 is 37.3 Å². The average molecular weight is 366 g/mol. The zero-order valence-electron chi connectivity index (χ0n) is 13.4. The van der Waals surface area contributed by atoms with Crippen LogP contribution in [0.25, 0.3) is 6.08 Å². The second-order valence-electron chi connectivity index (χ2n) is 5.42. The number of hydrogen-bond acceptors (Lipinski definition) is 4. The van der Waals surface area contributed by atoms with Gasteiger partial charge in [-0.2, -0.15) is 13.2 Å². The van der Waals surface area contributed by atoms with Crippen LogP contribution in [0.4, 0.5) is 13.2 Å². The summed E-state index contributed by atoms with van der Waals surface area (Å²) in [4.78, 5) is 11.2. The smallest absolute Gasteiger partial charge is 0.430 e. The third-order valence-electron chi connectivity index (χ3n) is 3.66. The van der Waals surface area contributed by atoms with E-state index < -0.39 is 23.8 Å². The zero-order valence-corrected chi connectivity index (χ0v) is 13.4. The molecule has 2 aromatic rings. The van der Waals surface area contributed by atoms with Gasteiger partial charge >= 0.3 is 12.1 Å². The highest BCUT2D eigenvalue weighted by Gasteiger charge is 2.48. The first-order valence-corrected chi connectivity index (χ1v) is 7.42. The Morgan fingerprint density at radius 1 is 1.08 bits per heavy atom. The fourth-order valence-electron chi connectivity index (χ4n) is 2.44. The minimum absolute atomic E-state index is 0.0700. The Morgan fingerprint density at radius 3 is 2.27 bits per heavy atom. The molecule has 1 heterocycles. The largest absolute Gasteiger partial charge is 0.497 e. The van der Waals surface area contributed by atoms with E-state index in [0.29, 0.717) is 17.2 Å². The summed E-state index contributed by atoms with van der Waals surface area (Å²) >= 11 is 0. The molecule has 5 nitrogen and oxygen atoms in total. The van der Waals surface area contributed by atoms with E-state index in [9.17, 15) is 18.0 Å². The lowest BCUT2D eigenvalue weighted by atomic mass is 10.0. The van der Waals surface area contributed by atoms with Gasteiger partial charge in [-0.15, -0.1) is 0 Å². The number of benzene rings is 2. The van der Waals surface area contributed by atoms with Gasteiger partial charge < -0.3 is 19.3 Å². The van der Waals surface area contributed by atoms with E-state index in [1.165, 1.54) is 25.3 Å². The summed E-state index contributed by atoms with van der Waals surface area (Å²) in [6.45, 7) is 0. The molecule has 0 amide bonds. The van der Waals surface area contributed by atoms with Crippen LogP contribution in [0.1, 0.15) is 5.56 Å². The van der Waals surface area contributed by atoms with Crippen LogP contribution in [0.2, 0.25) is 0 Å². The van der Waals surface area contributed by atoms with Crippen molar-refractivity contribution in [3.8, 4) is 23.0 Å². The van der Waals surface area contributed by atoms with Gasteiger partial charge in [0.05, 0.1) is 12.7 Å². The lowest BCUT2D eigenvalue weighted by Crippen LogP contribution is -2.40. The molecule has 0 aromatic heterocycles. The van der Waals surface area contributed by atoms with Crippen LogP contribution in [0, 0.1) is 0 Å². The van der Waals surface area contributed by atoms with Crippen LogP contribution in [0.3, 0.4) is 0 Å². The van der Waals surface area contributed by atoms with Gasteiger partial charge in [0, 0.05) is 5.56 Å². The summed E-state index contributed by atoms with van der Waals surface area (Å²) in [6.07, 6.45) is -6.40. The third-order valence-corrected chi connectivity index (χ3v) is 3.66. The number of carbonyl (C=O) groups is 1. The fraction of sp³-hybridized carbons (Fsp3) is 0.167. The lowest BCUT2D eigenvalue weighted by Gasteiger charge is -2.27. The Hall–Kier alpha value is -3.16. The summed E-state index contributed by atoms with van der Waals surface area (Å²) in [7, 11) is 1.53. The number of methoxy groups -OCH3 is 1. The molecule has 1 atom stereocenters. The summed E-state index contributed by atoms with van der Waals surface area (Å²) < 4.78 is 54.6. The fourth-order valence-corrected chi connectivity index (χ4v) is 2.44. The molecule has 26 heavy (non-hydrogen) atoms. The van der Waals surface area contributed by atoms with Crippen molar-refractivity contribution in [1.29, 1.82) is 0 Å². The van der Waals surface area contributed by atoms with Crippen LogP contribution in [0.15, 0.2) is 48.0 Å². The van der Waals surface area contributed by atoms with E-state index in [2.05, 4.69) is 0 Å². The Balaban J connectivity index is 1.90. The number of carboxylic acid groups (broad SMARTS) is 1. The highest BCUT2D eigenvalue weighted by Crippen LogP contribution is 2.39. The standard InChI is InChI=1S/C18H13F3O5/c1-24-11-2-4-12(5-3-11)25-13-6-7-15-10(8-13)9-14(17(22)23)16(26-15)18(19,20)21/h2-9,16H,1H3,(H,22,23)/t16-/m0/s1. The Labute approximate surface area is 146 Å². The highest BCUT2D eigenvalue weighted by atomic mass is 19.4. The maximum absolute atomic E-state index is 13.0. The Bertz CT molecular complexity index is 856. The number of aliphatic carboxylic acids is 1. The van der Waals surface area contributed by atoms with Crippen molar-refractivity contribution >= 4 is 12.0 Å². The van der Waals surface area contributed by atoms with Gasteiger partial charge in [-0.3, -0.25) is 0 Å². The number of carboxylic acids is 1. The Kier molecular flexibility index (Phi) is 4.50. The lowest BCUT2D eigenvalue weighted by molar-refractivity contribution is -0.187. The van der Waals surface area contributed by atoms with Crippen LogP contribution in [-0.4, -0.2) is 30.5 Å². The van der Waals surface area contributed by atoms with E-state index in [0.717, 1.165) is 6.08 Å². The maximum Gasteiger partial charge on any atom is 0.430 e. The average Bonchev–Trinajstić information content (AvgIpc) is 2.60. The van der Waals surface area contributed by atoms with Crippen molar-refractivity contribution in [2.45, 2.75) is 12.3 Å². The van der Waals surface area contributed by atoms with E-state index >= 15 is 0 Å². The third kappa shape index (κ3) is 3.58. The first kappa shape index (κ1) is 17.7. The highest BCUT2D eigenvalue weighted by molar-refractivity contribution is 5.95. The second kappa shape index (κ2) is 6.62. The summed E-state index contributed by atoms with van der Waals surface area (Å²) in [5, 5.41) is 9.06. The molecule has 0 spiro atoms. The van der Waals surface area contributed by atoms with Gasteiger partial charge in [-0.1, -0.05) is 0 Å². The number of ether oxygens (including phenoxy) is 3. The van der Waals surface area contributed by atoms with Crippen LogP contribution >= 0.6 is 0 Å². The minimum Gasteiger partial charge on any atom is -0.497 e. The molecule has 0 bridgehead atoms. The summed E-state index contributed by atoms with van der Waals surface area (Å²) in [5.74, 6) is -0.315. The molecule has 1 N–H and O–H groups in total. The van der Waals surface area contributed by atoms with Crippen LogP contribution in [-0.2, 0) is 4.79 Å². The molecule has 8 heteroatoms. The predicted molar refractivity (Wildman–Crippen MR) is 85.6 cm³/mol. The topological polar surface area (TPSA) is 65.0 Å². The van der Waals surface area contributed by atoms with Gasteiger partial charge in [0.15, 0.2) is 0 Å². The molecule has 136 valence electrons. The number of halogens is 3. The van der Waals surface area contributed by atoms with Crippen molar-refractivity contribution in [3.63, 3.8) is 0 Å². The molecule has 0 saturated heterocycles.